The molecule has 2 aliphatic heterocycles. The van der Waals surface area contributed by atoms with Crippen molar-refractivity contribution in [3.8, 4) is 11.1 Å². The number of benzene rings is 3. The van der Waals surface area contributed by atoms with Gasteiger partial charge < -0.3 is 24.8 Å². The molecule has 0 aliphatic carbocycles. The van der Waals surface area contributed by atoms with Crippen molar-refractivity contribution in [2.45, 2.75) is 52.1 Å². The minimum atomic E-state index is -1.39. The summed E-state index contributed by atoms with van der Waals surface area (Å²) in [6.45, 7) is 13.8. The maximum absolute atomic E-state index is 2.54. The first-order chi connectivity index (χ1) is 17.7. The van der Waals surface area contributed by atoms with Crippen LogP contribution in [0.5, 0.6) is 0 Å². The predicted molar refractivity (Wildman–Crippen MR) is 166 cm³/mol. The molecule has 0 fully saturated rings. The van der Waals surface area contributed by atoms with Crippen LogP contribution in [0.1, 0.15) is 54.8 Å². The molecule has 5 heteroatoms. The van der Waals surface area contributed by atoms with E-state index in [0.717, 1.165) is 5.54 Å². The van der Waals surface area contributed by atoms with E-state index in [1.165, 1.54) is 33.0 Å². The number of aryl methyl sites for hydroxylation is 1. The Morgan fingerprint density at radius 3 is 2.10 bits per heavy atom. The Kier molecular flexibility index (Phi) is 10.1. The van der Waals surface area contributed by atoms with Gasteiger partial charge in [0.05, 0.1) is 0 Å². The minimum absolute atomic E-state index is 0. The van der Waals surface area contributed by atoms with Gasteiger partial charge in [-0.3, -0.25) is 0 Å². The molecule has 1 radical (unpaired) electrons. The first-order valence-electron chi connectivity index (χ1n) is 13.3. The molecular weight excluding hydrogens is 643 g/mol. The van der Waals surface area contributed by atoms with Crippen molar-refractivity contribution in [1.29, 1.82) is 0 Å². The standard InChI is InChI=1S/C20H21.C15H14SSi.2ClH.Zr/c1-14-12-16-6-5-7-18(19(16)13-14)15-8-10-17(11-9-15)20(2,3)4;1-10-14-12-8-9-16-13(12)15(10)17(14,2)11-6-4-3-5-7-11;;;/h5-13H,1-4H3;3-9,15H,1-2H3;2*1H;/q-1;;;;+3/p-2. The van der Waals surface area contributed by atoms with E-state index in [4.69, 9.17) is 0 Å². The molecule has 4 aromatic carbocycles. The normalized spacial score (nSPS) is 18.4. The van der Waals surface area contributed by atoms with Crippen molar-refractivity contribution >= 4 is 40.6 Å². The van der Waals surface area contributed by atoms with E-state index in [0.29, 0.717) is 0 Å². The first-order valence-corrected chi connectivity index (χ1v) is 16.8. The molecule has 5 aromatic rings. The zero-order valence-corrected chi connectivity index (χ0v) is 29.8. The maximum Gasteiger partial charge on any atom is 3.00 e. The van der Waals surface area contributed by atoms with Gasteiger partial charge in [0.2, 0.25) is 0 Å². The van der Waals surface area contributed by atoms with Crippen LogP contribution in [-0.2, 0) is 31.6 Å². The molecule has 0 amide bonds. The van der Waals surface area contributed by atoms with E-state index in [2.05, 4.69) is 138 Å². The summed E-state index contributed by atoms with van der Waals surface area (Å²) in [6, 6.07) is 33.6. The molecule has 7 rings (SSSR count). The average molecular weight is 678 g/mol. The molecular formula is C35H35Cl2SSiZr. The summed E-state index contributed by atoms with van der Waals surface area (Å²) < 4.78 is 0. The second-order valence-corrected chi connectivity index (χ2v) is 16.9. The molecule has 2 aliphatic rings. The molecule has 2 bridgehead atoms. The van der Waals surface area contributed by atoms with Crippen LogP contribution in [0.2, 0.25) is 6.55 Å². The third kappa shape index (κ3) is 5.34. The van der Waals surface area contributed by atoms with Gasteiger partial charge in [-0.25, -0.2) is 0 Å². The molecule has 0 N–H and O–H groups in total. The number of allylic oxidation sites excluding steroid dienone is 1. The molecule has 40 heavy (non-hydrogen) atoms. The molecule has 2 atom stereocenters. The van der Waals surface area contributed by atoms with Crippen LogP contribution < -0.4 is 30.0 Å². The number of hydrogen-bond acceptors (Lipinski definition) is 1. The Bertz CT molecular complexity index is 1640. The second kappa shape index (κ2) is 12.3. The summed E-state index contributed by atoms with van der Waals surface area (Å²) >= 11 is 1.96. The maximum atomic E-state index is 2.54. The molecule has 2 unspecified atom stereocenters. The topological polar surface area (TPSA) is 0 Å². The van der Waals surface area contributed by atoms with Gasteiger partial charge in [0.1, 0.15) is 8.07 Å². The summed E-state index contributed by atoms with van der Waals surface area (Å²) in [5.74, 6) is 0. The quantitative estimate of drug-likeness (QED) is 0.198. The molecule has 203 valence electrons. The molecule has 1 aromatic heterocycles. The van der Waals surface area contributed by atoms with E-state index in [9.17, 15) is 0 Å². The van der Waals surface area contributed by atoms with Crippen molar-refractivity contribution in [3.63, 3.8) is 0 Å². The van der Waals surface area contributed by atoms with Gasteiger partial charge in [-0.1, -0.05) is 111 Å². The SMILES string of the molecule is CC1=C2c3ccsc3C1[Si]2(C)c1ccccc1.Cc1cc2c(-c3ccc(C(C)(C)C)cc3)cccc2[cH-]1.[Cl-].[Cl-].[Zr+3]. The Labute approximate surface area is 276 Å². The molecule has 0 saturated carbocycles. The molecule has 0 spiro atoms. The first kappa shape index (κ1) is 32.9. The molecule has 0 nitrogen and oxygen atoms in total. The van der Waals surface area contributed by atoms with Crippen molar-refractivity contribution < 1.29 is 51.0 Å². The Balaban J connectivity index is 0.000000207. The third-order valence-corrected chi connectivity index (χ3v) is 14.8. The number of hydrogen-bond donors (Lipinski definition) is 0. The average Bonchev–Trinajstić information content (AvgIpc) is 3.61. The molecule has 0 saturated heterocycles. The van der Waals surface area contributed by atoms with Gasteiger partial charge in [0.15, 0.2) is 0 Å². The fourth-order valence-corrected chi connectivity index (χ4v) is 13.6. The van der Waals surface area contributed by atoms with Crippen LogP contribution >= 0.6 is 11.3 Å². The van der Waals surface area contributed by atoms with E-state index in [-0.39, 0.29) is 56.4 Å². The zero-order valence-electron chi connectivity index (χ0n) is 24.0. The smallest absolute Gasteiger partial charge is 1.00 e. The summed E-state index contributed by atoms with van der Waals surface area (Å²) in [6.07, 6.45) is 0. The van der Waals surface area contributed by atoms with E-state index in [1.54, 1.807) is 26.4 Å². The summed E-state index contributed by atoms with van der Waals surface area (Å²) in [5.41, 5.74) is 9.56. The van der Waals surface area contributed by atoms with Gasteiger partial charge in [-0.2, -0.15) is 6.07 Å². The van der Waals surface area contributed by atoms with Crippen LogP contribution in [0.4, 0.5) is 0 Å². The Hall–Kier alpha value is -1.61. The summed E-state index contributed by atoms with van der Waals surface area (Å²) in [5, 5.41) is 8.27. The molecule has 3 heterocycles. The van der Waals surface area contributed by atoms with Crippen LogP contribution in [0.15, 0.2) is 102 Å². The van der Waals surface area contributed by atoms with Crippen molar-refractivity contribution in [1.82, 2.24) is 0 Å². The zero-order chi connectivity index (χ0) is 25.9. The van der Waals surface area contributed by atoms with Gasteiger partial charge >= 0.3 is 26.2 Å². The van der Waals surface area contributed by atoms with Crippen LogP contribution in [0, 0.1) is 6.92 Å². The third-order valence-electron chi connectivity index (χ3n) is 8.48. The van der Waals surface area contributed by atoms with Crippen molar-refractivity contribution in [3.05, 3.63) is 124 Å². The van der Waals surface area contributed by atoms with Crippen molar-refractivity contribution in [2.75, 3.05) is 0 Å². The summed E-state index contributed by atoms with van der Waals surface area (Å²) in [4.78, 5) is 1.65. The predicted octanol–water partition coefficient (Wildman–Crippen LogP) is 3.53. The van der Waals surface area contributed by atoms with Crippen LogP contribution in [0.3, 0.4) is 0 Å². The number of thiophene rings is 1. The monoisotopic (exact) mass is 675 g/mol. The van der Waals surface area contributed by atoms with E-state index in [1.807, 2.05) is 11.3 Å². The Morgan fingerprint density at radius 2 is 1.48 bits per heavy atom. The number of fused-ring (bicyclic) bond motifs is 6. The van der Waals surface area contributed by atoms with Crippen molar-refractivity contribution in [2.24, 2.45) is 0 Å². The van der Waals surface area contributed by atoms with Crippen LogP contribution in [0.25, 0.3) is 27.1 Å². The van der Waals surface area contributed by atoms with E-state index < -0.39 is 8.07 Å². The van der Waals surface area contributed by atoms with Gasteiger partial charge in [0.25, 0.3) is 0 Å². The fraction of sp³-hybridized carbons (Fsp3) is 0.229. The van der Waals surface area contributed by atoms with Crippen LogP contribution in [-0.4, -0.2) is 8.07 Å². The number of rotatable bonds is 2. The number of halogens is 2. The van der Waals surface area contributed by atoms with Gasteiger partial charge in [-0.05, 0) is 45.7 Å². The Morgan fingerprint density at radius 1 is 0.800 bits per heavy atom. The van der Waals surface area contributed by atoms with Gasteiger partial charge in [-0.15, -0.1) is 45.9 Å². The van der Waals surface area contributed by atoms with Gasteiger partial charge in [0, 0.05) is 10.4 Å². The largest absolute Gasteiger partial charge is 3.00 e. The second-order valence-electron chi connectivity index (χ2n) is 11.9. The minimum Gasteiger partial charge on any atom is -1.00 e. The summed E-state index contributed by atoms with van der Waals surface area (Å²) in [7, 11) is -1.39. The van der Waals surface area contributed by atoms with E-state index >= 15 is 0 Å². The fourth-order valence-electron chi connectivity index (χ4n) is 6.64.